The van der Waals surface area contributed by atoms with Crippen LogP contribution in [-0.4, -0.2) is 32.9 Å². The second-order valence-electron chi connectivity index (χ2n) is 3.99. The smallest absolute Gasteiger partial charge is 0.359 e. The zero-order valence-electron chi connectivity index (χ0n) is 10.6. The van der Waals surface area contributed by atoms with E-state index in [1.807, 2.05) is 6.92 Å². The van der Waals surface area contributed by atoms with Crippen molar-refractivity contribution in [3.05, 3.63) is 11.4 Å². The SMILES string of the molecule is CCCC(OC(=O)c1c(N)c(C)nn1C)C(=O)O. The number of hydrogen-bond donors (Lipinski definition) is 2. The Kier molecular flexibility index (Phi) is 4.30. The summed E-state index contributed by atoms with van der Waals surface area (Å²) in [6.45, 7) is 3.47. The van der Waals surface area contributed by atoms with Gasteiger partial charge in [-0.15, -0.1) is 0 Å². The number of nitrogens with two attached hydrogens (primary N) is 1. The molecule has 0 aliphatic rings. The second kappa shape index (κ2) is 5.52. The lowest BCUT2D eigenvalue weighted by Gasteiger charge is -2.13. The zero-order chi connectivity index (χ0) is 13.9. The van der Waals surface area contributed by atoms with Crippen molar-refractivity contribution in [3.63, 3.8) is 0 Å². The maximum atomic E-state index is 11.9. The summed E-state index contributed by atoms with van der Waals surface area (Å²) in [5, 5.41) is 12.9. The van der Waals surface area contributed by atoms with E-state index in [1.165, 1.54) is 4.68 Å². The van der Waals surface area contributed by atoms with Gasteiger partial charge in [0.2, 0.25) is 0 Å². The number of esters is 1. The van der Waals surface area contributed by atoms with Crippen LogP contribution in [0.4, 0.5) is 5.69 Å². The van der Waals surface area contributed by atoms with Crippen LogP contribution in [0, 0.1) is 6.92 Å². The molecule has 0 radical (unpaired) electrons. The molecule has 7 heteroatoms. The molecule has 0 amide bonds. The molecule has 1 rings (SSSR count). The largest absolute Gasteiger partial charge is 0.479 e. The van der Waals surface area contributed by atoms with Gasteiger partial charge in [0.1, 0.15) is 0 Å². The highest BCUT2D eigenvalue weighted by Gasteiger charge is 2.26. The molecule has 0 aliphatic heterocycles. The first-order chi connectivity index (χ1) is 8.38. The van der Waals surface area contributed by atoms with E-state index in [2.05, 4.69) is 5.10 Å². The topological polar surface area (TPSA) is 107 Å². The molecule has 18 heavy (non-hydrogen) atoms. The number of hydrogen-bond acceptors (Lipinski definition) is 5. The number of anilines is 1. The molecule has 0 aliphatic carbocycles. The number of aromatic nitrogens is 2. The Hall–Kier alpha value is -2.05. The fourth-order valence-corrected chi connectivity index (χ4v) is 1.60. The minimum atomic E-state index is -1.16. The van der Waals surface area contributed by atoms with Gasteiger partial charge >= 0.3 is 11.9 Å². The van der Waals surface area contributed by atoms with Gasteiger partial charge in [0, 0.05) is 7.05 Å². The van der Waals surface area contributed by atoms with Crippen molar-refractivity contribution in [1.29, 1.82) is 0 Å². The highest BCUT2D eigenvalue weighted by molar-refractivity contribution is 5.95. The van der Waals surface area contributed by atoms with E-state index < -0.39 is 18.0 Å². The second-order valence-corrected chi connectivity index (χ2v) is 3.99. The Bertz CT molecular complexity index is 467. The number of aryl methyl sites for hydroxylation is 2. The van der Waals surface area contributed by atoms with E-state index in [9.17, 15) is 9.59 Å². The maximum absolute atomic E-state index is 11.9. The van der Waals surface area contributed by atoms with Crippen molar-refractivity contribution in [3.8, 4) is 0 Å². The lowest BCUT2D eigenvalue weighted by atomic mass is 10.2. The summed E-state index contributed by atoms with van der Waals surface area (Å²) in [7, 11) is 1.55. The molecular formula is C11H17N3O4. The van der Waals surface area contributed by atoms with Gasteiger partial charge in [-0.3, -0.25) is 4.68 Å². The van der Waals surface area contributed by atoms with Crippen LogP contribution in [0.1, 0.15) is 35.9 Å². The predicted molar refractivity (Wildman–Crippen MR) is 64.1 cm³/mol. The molecule has 1 aromatic rings. The average Bonchev–Trinajstić information content (AvgIpc) is 2.52. The molecule has 0 saturated carbocycles. The van der Waals surface area contributed by atoms with Gasteiger partial charge in [-0.2, -0.15) is 5.10 Å². The lowest BCUT2D eigenvalue weighted by molar-refractivity contribution is -0.147. The standard InChI is InChI=1S/C11H17N3O4/c1-4-5-7(10(15)16)18-11(17)9-8(12)6(2)13-14(9)3/h7H,4-5,12H2,1-3H3,(H,15,16). The predicted octanol–water partition coefficient (Wildman–Crippen LogP) is 0.721. The van der Waals surface area contributed by atoms with Crippen molar-refractivity contribution in [2.45, 2.75) is 32.8 Å². The molecule has 1 atom stereocenters. The Morgan fingerprint density at radius 2 is 2.17 bits per heavy atom. The molecule has 1 heterocycles. The average molecular weight is 255 g/mol. The van der Waals surface area contributed by atoms with Crippen molar-refractivity contribution < 1.29 is 19.4 Å². The lowest BCUT2D eigenvalue weighted by Crippen LogP contribution is -2.28. The zero-order valence-corrected chi connectivity index (χ0v) is 10.6. The first kappa shape index (κ1) is 14.0. The van der Waals surface area contributed by atoms with Crippen LogP contribution in [0.25, 0.3) is 0 Å². The van der Waals surface area contributed by atoms with Gasteiger partial charge in [-0.05, 0) is 13.3 Å². The Morgan fingerprint density at radius 3 is 2.56 bits per heavy atom. The molecule has 0 fully saturated rings. The summed E-state index contributed by atoms with van der Waals surface area (Å²) >= 11 is 0. The molecule has 0 saturated heterocycles. The summed E-state index contributed by atoms with van der Waals surface area (Å²) in [4.78, 5) is 22.8. The fraction of sp³-hybridized carbons (Fsp3) is 0.545. The molecule has 1 aromatic heterocycles. The van der Waals surface area contributed by atoms with Gasteiger partial charge < -0.3 is 15.6 Å². The van der Waals surface area contributed by atoms with Gasteiger partial charge in [0.05, 0.1) is 11.4 Å². The van der Waals surface area contributed by atoms with Crippen LogP contribution >= 0.6 is 0 Å². The van der Waals surface area contributed by atoms with Gasteiger partial charge in [0.15, 0.2) is 11.8 Å². The van der Waals surface area contributed by atoms with Crippen LogP contribution in [-0.2, 0) is 16.6 Å². The van der Waals surface area contributed by atoms with Crippen LogP contribution in [0.2, 0.25) is 0 Å². The van der Waals surface area contributed by atoms with E-state index >= 15 is 0 Å². The number of carboxylic acids is 1. The van der Waals surface area contributed by atoms with Crippen LogP contribution in [0.15, 0.2) is 0 Å². The van der Waals surface area contributed by atoms with E-state index in [1.54, 1.807) is 14.0 Å². The quantitative estimate of drug-likeness (QED) is 0.751. The van der Waals surface area contributed by atoms with Crippen LogP contribution < -0.4 is 5.73 Å². The van der Waals surface area contributed by atoms with Crippen molar-refractivity contribution in [1.82, 2.24) is 9.78 Å². The molecular weight excluding hydrogens is 238 g/mol. The van der Waals surface area contributed by atoms with Gasteiger partial charge in [0.25, 0.3) is 0 Å². The highest BCUT2D eigenvalue weighted by Crippen LogP contribution is 2.17. The molecule has 0 bridgehead atoms. The molecule has 1 unspecified atom stereocenters. The summed E-state index contributed by atoms with van der Waals surface area (Å²) < 4.78 is 6.22. The van der Waals surface area contributed by atoms with Gasteiger partial charge in [-0.1, -0.05) is 13.3 Å². The third kappa shape index (κ3) is 2.79. The normalized spacial score (nSPS) is 12.2. The molecule has 0 aromatic carbocycles. The number of aliphatic carboxylic acids is 1. The summed E-state index contributed by atoms with van der Waals surface area (Å²) in [5.41, 5.74) is 6.49. The number of carbonyl (C=O) groups excluding carboxylic acids is 1. The fourth-order valence-electron chi connectivity index (χ4n) is 1.60. The summed E-state index contributed by atoms with van der Waals surface area (Å²) in [6.07, 6.45) is -0.292. The summed E-state index contributed by atoms with van der Waals surface area (Å²) in [5.74, 6) is -1.93. The van der Waals surface area contributed by atoms with E-state index in [-0.39, 0.29) is 17.8 Å². The van der Waals surface area contributed by atoms with Crippen LogP contribution in [0.3, 0.4) is 0 Å². The van der Waals surface area contributed by atoms with Crippen LogP contribution in [0.5, 0.6) is 0 Å². The number of nitrogens with zero attached hydrogens (tertiary/aromatic N) is 2. The number of rotatable bonds is 5. The van der Waals surface area contributed by atoms with Crippen molar-refractivity contribution in [2.75, 3.05) is 5.73 Å². The summed E-state index contributed by atoms with van der Waals surface area (Å²) in [6, 6.07) is 0. The number of ether oxygens (including phenoxy) is 1. The van der Waals surface area contributed by atoms with E-state index in [0.29, 0.717) is 12.1 Å². The third-order valence-corrected chi connectivity index (χ3v) is 2.54. The minimum Gasteiger partial charge on any atom is -0.479 e. The number of carboxylic acid groups (broad SMARTS) is 1. The molecule has 100 valence electrons. The van der Waals surface area contributed by atoms with Gasteiger partial charge in [-0.25, -0.2) is 9.59 Å². The molecule has 0 spiro atoms. The molecule has 3 N–H and O–H groups in total. The number of carbonyl (C=O) groups is 2. The Morgan fingerprint density at radius 1 is 1.56 bits per heavy atom. The maximum Gasteiger partial charge on any atom is 0.359 e. The third-order valence-electron chi connectivity index (χ3n) is 2.54. The Labute approximate surface area is 105 Å². The number of nitrogen functional groups attached to an aromatic ring is 1. The van der Waals surface area contributed by atoms with E-state index in [4.69, 9.17) is 15.6 Å². The highest BCUT2D eigenvalue weighted by atomic mass is 16.6. The minimum absolute atomic E-state index is 0.0786. The monoisotopic (exact) mass is 255 g/mol. The Balaban J connectivity index is 2.90. The first-order valence-corrected chi connectivity index (χ1v) is 5.61. The van der Waals surface area contributed by atoms with Crippen molar-refractivity contribution in [2.24, 2.45) is 7.05 Å². The van der Waals surface area contributed by atoms with Crippen molar-refractivity contribution >= 4 is 17.6 Å². The first-order valence-electron chi connectivity index (χ1n) is 5.61. The molecule has 7 nitrogen and oxygen atoms in total. The van der Waals surface area contributed by atoms with E-state index in [0.717, 1.165) is 0 Å².